The minimum atomic E-state index is -2.70. The van der Waals surface area contributed by atoms with Gasteiger partial charge in [0.1, 0.15) is 0 Å². The monoisotopic (exact) mass is 292 g/mol. The number of aromatic nitrogens is 1. The van der Waals surface area contributed by atoms with E-state index in [9.17, 15) is 4.57 Å². The van der Waals surface area contributed by atoms with Crippen LogP contribution < -0.4 is 5.09 Å². The van der Waals surface area contributed by atoms with Crippen LogP contribution in [0, 0.1) is 0 Å². The van der Waals surface area contributed by atoms with Crippen LogP contribution in [0.4, 0.5) is 5.69 Å². The first-order valence-corrected chi connectivity index (χ1v) is 7.66. The van der Waals surface area contributed by atoms with E-state index in [0.29, 0.717) is 15.7 Å². The molecule has 2 aliphatic rings. The smallest absolute Gasteiger partial charge is 0.308 e. The summed E-state index contributed by atoms with van der Waals surface area (Å²) in [6.07, 6.45) is 2.98. The van der Waals surface area contributed by atoms with E-state index in [4.69, 9.17) is 23.2 Å². The number of anilines is 1. The fourth-order valence-electron chi connectivity index (χ4n) is 1.62. The molecule has 0 bridgehead atoms. The first kappa shape index (κ1) is 11.8. The van der Waals surface area contributed by atoms with Gasteiger partial charge in [0.05, 0.1) is 15.7 Å². The molecule has 2 aliphatic heterocycles. The van der Waals surface area contributed by atoms with E-state index in [2.05, 4.69) is 10.1 Å². The predicted octanol–water partition coefficient (Wildman–Crippen LogP) is 2.54. The zero-order chi connectivity index (χ0) is 12.0. The molecule has 0 unspecified atom stereocenters. The van der Waals surface area contributed by atoms with Crippen molar-refractivity contribution < 1.29 is 4.57 Å². The number of nitrogens with zero attached hydrogens (tertiary/aromatic N) is 3. The maximum atomic E-state index is 12.8. The first-order chi connectivity index (χ1) is 8.11. The van der Waals surface area contributed by atoms with Crippen molar-refractivity contribution >= 4 is 36.5 Å². The highest BCUT2D eigenvalue weighted by atomic mass is 35.5. The lowest BCUT2D eigenvalue weighted by Gasteiger charge is -2.23. The zero-order valence-corrected chi connectivity index (χ0v) is 11.3. The second-order valence-corrected chi connectivity index (χ2v) is 7.30. The molecule has 1 N–H and O–H groups in total. The van der Waals surface area contributed by atoms with E-state index in [1.165, 1.54) is 12.4 Å². The summed E-state index contributed by atoms with van der Waals surface area (Å²) in [4.78, 5) is 3.87. The van der Waals surface area contributed by atoms with Crippen LogP contribution in [-0.4, -0.2) is 40.5 Å². The summed E-state index contributed by atoms with van der Waals surface area (Å²) >= 11 is 12.0. The molecule has 3 heterocycles. The van der Waals surface area contributed by atoms with Crippen LogP contribution in [-0.2, 0) is 4.57 Å². The number of rotatable bonds is 4. The maximum absolute atomic E-state index is 12.8. The fraction of sp³-hybridized carbons (Fsp3) is 0.444. The Hall–Kier alpha value is -0.320. The van der Waals surface area contributed by atoms with Crippen LogP contribution in [0.25, 0.3) is 0 Å². The summed E-state index contributed by atoms with van der Waals surface area (Å²) in [5, 5.41) is 3.80. The SMILES string of the molecule is O=P(Nc1c(Cl)cncc1Cl)(N1CC1)N1CC1. The summed E-state index contributed by atoms with van der Waals surface area (Å²) < 4.78 is 16.6. The number of halogens is 2. The second-order valence-electron chi connectivity index (χ2n) is 4.04. The zero-order valence-electron chi connectivity index (χ0n) is 8.94. The van der Waals surface area contributed by atoms with Crippen molar-refractivity contribution in [3.8, 4) is 0 Å². The Kier molecular flexibility index (Phi) is 2.84. The van der Waals surface area contributed by atoms with Gasteiger partial charge in [-0.1, -0.05) is 23.2 Å². The standard InChI is InChI=1S/C9H11Cl2N4OP/c10-7-5-12-6-8(11)9(7)13-17(16,14-1-2-14)15-3-4-15/h5-6H,1-4H2,(H,12,13,16). The van der Waals surface area contributed by atoms with Gasteiger partial charge in [-0.3, -0.25) is 9.55 Å². The topological polar surface area (TPSA) is 48.0 Å². The number of hydrogen-bond acceptors (Lipinski definition) is 2. The van der Waals surface area contributed by atoms with E-state index in [0.717, 1.165) is 26.2 Å². The number of pyridine rings is 1. The Bertz CT molecular complexity index is 468. The quantitative estimate of drug-likeness (QED) is 0.683. The molecule has 0 aromatic carbocycles. The Balaban J connectivity index is 1.92. The van der Waals surface area contributed by atoms with Gasteiger partial charge in [0, 0.05) is 38.6 Å². The van der Waals surface area contributed by atoms with Gasteiger partial charge >= 0.3 is 7.59 Å². The minimum Gasteiger partial charge on any atom is -0.310 e. The molecule has 2 fully saturated rings. The molecule has 0 saturated carbocycles. The molecule has 0 atom stereocenters. The molecule has 5 nitrogen and oxygen atoms in total. The number of hydrogen-bond donors (Lipinski definition) is 1. The molecular formula is C9H11Cl2N4OP. The van der Waals surface area contributed by atoms with Gasteiger partial charge in [-0.25, -0.2) is 9.34 Å². The predicted molar refractivity (Wildman–Crippen MR) is 68.6 cm³/mol. The molecule has 17 heavy (non-hydrogen) atoms. The first-order valence-electron chi connectivity index (χ1n) is 5.29. The van der Waals surface area contributed by atoms with Crippen LogP contribution in [0.5, 0.6) is 0 Å². The Morgan fingerprint density at radius 2 is 1.59 bits per heavy atom. The van der Waals surface area contributed by atoms with Crippen molar-refractivity contribution in [1.82, 2.24) is 14.3 Å². The van der Waals surface area contributed by atoms with Crippen LogP contribution in [0.2, 0.25) is 10.0 Å². The van der Waals surface area contributed by atoms with Gasteiger partial charge in [0.2, 0.25) is 0 Å². The Morgan fingerprint density at radius 3 is 2.00 bits per heavy atom. The largest absolute Gasteiger partial charge is 0.310 e. The van der Waals surface area contributed by atoms with Gasteiger partial charge in [-0.2, -0.15) is 0 Å². The van der Waals surface area contributed by atoms with Crippen LogP contribution in [0.1, 0.15) is 0 Å². The third-order valence-electron chi connectivity index (χ3n) is 2.72. The molecule has 0 aliphatic carbocycles. The second kappa shape index (κ2) is 4.11. The lowest BCUT2D eigenvalue weighted by Crippen LogP contribution is -2.13. The summed E-state index contributed by atoms with van der Waals surface area (Å²) in [6.45, 7) is 3.39. The minimum absolute atomic E-state index is 0.390. The third-order valence-corrected chi connectivity index (χ3v) is 6.15. The lowest BCUT2D eigenvalue weighted by atomic mass is 10.4. The molecule has 8 heteroatoms. The Labute approximate surface area is 109 Å². The Morgan fingerprint density at radius 1 is 1.12 bits per heavy atom. The summed E-state index contributed by atoms with van der Waals surface area (Å²) in [7, 11) is -2.70. The van der Waals surface area contributed by atoms with Crippen molar-refractivity contribution in [2.24, 2.45) is 0 Å². The van der Waals surface area contributed by atoms with Crippen molar-refractivity contribution in [1.29, 1.82) is 0 Å². The highest BCUT2D eigenvalue weighted by molar-refractivity contribution is 7.61. The van der Waals surface area contributed by atoms with Gasteiger partial charge in [0.15, 0.2) is 0 Å². The third kappa shape index (κ3) is 2.18. The molecule has 0 amide bonds. The molecule has 2 saturated heterocycles. The molecule has 3 rings (SSSR count). The summed E-state index contributed by atoms with van der Waals surface area (Å²) in [6, 6.07) is 0. The highest BCUT2D eigenvalue weighted by Gasteiger charge is 2.48. The van der Waals surface area contributed by atoms with Gasteiger partial charge in [-0.05, 0) is 0 Å². The van der Waals surface area contributed by atoms with Crippen molar-refractivity contribution in [3.63, 3.8) is 0 Å². The summed E-state index contributed by atoms with van der Waals surface area (Å²) in [5.41, 5.74) is 0.505. The number of nitrogens with one attached hydrogen (secondary N) is 1. The normalized spacial score (nSPS) is 20.4. The molecule has 92 valence electrons. The molecular weight excluding hydrogens is 282 g/mol. The lowest BCUT2D eigenvalue weighted by molar-refractivity contribution is 0.524. The van der Waals surface area contributed by atoms with E-state index in [1.54, 1.807) is 0 Å². The molecule has 0 radical (unpaired) electrons. The van der Waals surface area contributed by atoms with E-state index < -0.39 is 7.59 Å². The van der Waals surface area contributed by atoms with Crippen LogP contribution >= 0.6 is 30.8 Å². The fourth-order valence-corrected chi connectivity index (χ4v) is 4.64. The van der Waals surface area contributed by atoms with E-state index in [1.807, 2.05) is 9.34 Å². The van der Waals surface area contributed by atoms with E-state index >= 15 is 0 Å². The van der Waals surface area contributed by atoms with Gasteiger partial charge in [-0.15, -0.1) is 0 Å². The van der Waals surface area contributed by atoms with E-state index in [-0.39, 0.29) is 0 Å². The van der Waals surface area contributed by atoms with Crippen LogP contribution in [0.15, 0.2) is 12.4 Å². The highest BCUT2D eigenvalue weighted by Crippen LogP contribution is 2.60. The summed E-state index contributed by atoms with van der Waals surface area (Å²) in [5.74, 6) is 0. The van der Waals surface area contributed by atoms with Gasteiger partial charge < -0.3 is 5.09 Å². The molecule has 0 spiro atoms. The van der Waals surface area contributed by atoms with Crippen molar-refractivity contribution in [3.05, 3.63) is 22.4 Å². The molecule has 1 aromatic heterocycles. The average Bonchev–Trinajstić information content (AvgIpc) is 3.17. The van der Waals surface area contributed by atoms with Crippen molar-refractivity contribution in [2.75, 3.05) is 31.3 Å². The van der Waals surface area contributed by atoms with Crippen LogP contribution in [0.3, 0.4) is 0 Å². The maximum Gasteiger partial charge on any atom is 0.308 e. The van der Waals surface area contributed by atoms with Gasteiger partial charge in [0.25, 0.3) is 0 Å². The average molecular weight is 293 g/mol. The molecule has 1 aromatic rings. The van der Waals surface area contributed by atoms with Crippen molar-refractivity contribution in [2.45, 2.75) is 0 Å².